The van der Waals surface area contributed by atoms with E-state index < -0.39 is 0 Å². The molecule has 1 aromatic carbocycles. The molecule has 0 saturated heterocycles. The van der Waals surface area contributed by atoms with Gasteiger partial charge in [-0.2, -0.15) is 0 Å². The Morgan fingerprint density at radius 2 is 2.00 bits per heavy atom. The average Bonchev–Trinajstić information content (AvgIpc) is 2.24. The SMILES string of the molecule is O=[C]OC/C=C/c1ccc(Cl)c(Cl)c1Cl. The first-order valence-corrected chi connectivity index (χ1v) is 5.09. The number of hydrogen-bond donors (Lipinski definition) is 0. The summed E-state index contributed by atoms with van der Waals surface area (Å²) in [6.45, 7) is 1.45. The highest BCUT2D eigenvalue weighted by atomic mass is 35.5. The summed E-state index contributed by atoms with van der Waals surface area (Å²) in [6, 6.07) is 3.36. The van der Waals surface area contributed by atoms with Crippen LogP contribution in [0.2, 0.25) is 15.1 Å². The molecule has 1 aromatic rings. The summed E-state index contributed by atoms with van der Waals surface area (Å²) in [7, 11) is 0. The van der Waals surface area contributed by atoms with Crippen LogP contribution in [-0.4, -0.2) is 13.1 Å². The molecule has 0 saturated carbocycles. The summed E-state index contributed by atoms with van der Waals surface area (Å²) >= 11 is 17.5. The van der Waals surface area contributed by atoms with Gasteiger partial charge in [-0.25, -0.2) is 4.79 Å². The van der Waals surface area contributed by atoms with Gasteiger partial charge in [0.25, 0.3) is 0 Å². The van der Waals surface area contributed by atoms with Crippen molar-refractivity contribution in [2.24, 2.45) is 0 Å². The van der Waals surface area contributed by atoms with Gasteiger partial charge >= 0.3 is 6.47 Å². The standard InChI is InChI=1S/C10H6Cl3O2/c11-8-4-3-7(9(12)10(8)13)2-1-5-15-6-14/h1-4H,5H2/b2-1+. The third kappa shape index (κ3) is 3.42. The minimum Gasteiger partial charge on any atom is -0.453 e. The van der Waals surface area contributed by atoms with E-state index in [-0.39, 0.29) is 6.61 Å². The zero-order valence-electron chi connectivity index (χ0n) is 7.47. The molecule has 0 aliphatic rings. The third-order valence-electron chi connectivity index (χ3n) is 1.60. The molecule has 0 heterocycles. The van der Waals surface area contributed by atoms with E-state index in [0.717, 1.165) is 0 Å². The lowest BCUT2D eigenvalue weighted by Gasteiger charge is -2.02. The van der Waals surface area contributed by atoms with E-state index in [1.54, 1.807) is 24.3 Å². The van der Waals surface area contributed by atoms with E-state index in [9.17, 15) is 4.79 Å². The summed E-state index contributed by atoms with van der Waals surface area (Å²) in [5.74, 6) is 0. The largest absolute Gasteiger partial charge is 0.453 e. The van der Waals surface area contributed by atoms with Crippen molar-refractivity contribution >= 4 is 47.4 Å². The van der Waals surface area contributed by atoms with Crippen LogP contribution in [0.25, 0.3) is 6.08 Å². The molecule has 0 bridgehead atoms. The zero-order chi connectivity index (χ0) is 11.3. The maximum absolute atomic E-state index is 9.74. The molecule has 0 spiro atoms. The van der Waals surface area contributed by atoms with Crippen molar-refractivity contribution in [1.29, 1.82) is 0 Å². The summed E-state index contributed by atoms with van der Waals surface area (Å²) in [6.07, 6.45) is 3.30. The van der Waals surface area contributed by atoms with Gasteiger partial charge in [-0.1, -0.05) is 46.9 Å². The van der Waals surface area contributed by atoms with Gasteiger partial charge in [-0.05, 0) is 17.7 Å². The lowest BCUT2D eigenvalue weighted by Crippen LogP contribution is -1.85. The monoisotopic (exact) mass is 263 g/mol. The summed E-state index contributed by atoms with van der Waals surface area (Å²) in [4.78, 5) is 9.74. The number of ether oxygens (including phenoxy) is 1. The van der Waals surface area contributed by atoms with Crippen LogP contribution in [0.1, 0.15) is 5.56 Å². The van der Waals surface area contributed by atoms with E-state index in [0.29, 0.717) is 20.6 Å². The lowest BCUT2D eigenvalue weighted by molar-refractivity contribution is 0.314. The van der Waals surface area contributed by atoms with Crippen molar-refractivity contribution in [2.75, 3.05) is 6.61 Å². The van der Waals surface area contributed by atoms with Crippen LogP contribution in [0.4, 0.5) is 0 Å². The van der Waals surface area contributed by atoms with E-state index in [1.165, 1.54) is 6.47 Å². The first-order chi connectivity index (χ1) is 7.16. The molecule has 5 heteroatoms. The number of rotatable bonds is 4. The molecule has 0 aliphatic carbocycles. The highest BCUT2D eigenvalue weighted by Crippen LogP contribution is 2.33. The van der Waals surface area contributed by atoms with Crippen molar-refractivity contribution in [3.8, 4) is 0 Å². The maximum atomic E-state index is 9.74. The normalized spacial score (nSPS) is 10.6. The number of benzene rings is 1. The molecule has 0 amide bonds. The van der Waals surface area contributed by atoms with Crippen molar-refractivity contribution < 1.29 is 9.53 Å². The first-order valence-electron chi connectivity index (χ1n) is 3.95. The Bertz CT molecular complexity index is 388. The molecule has 79 valence electrons. The molecular formula is C10H6Cl3O2. The fraction of sp³-hybridized carbons (Fsp3) is 0.100. The first kappa shape index (κ1) is 12.4. The summed E-state index contributed by atoms with van der Waals surface area (Å²) < 4.78 is 4.35. The van der Waals surface area contributed by atoms with E-state index in [4.69, 9.17) is 34.8 Å². The van der Waals surface area contributed by atoms with Crippen LogP contribution >= 0.6 is 34.8 Å². The lowest BCUT2D eigenvalue weighted by atomic mass is 10.2. The van der Waals surface area contributed by atoms with Crippen LogP contribution < -0.4 is 0 Å². The smallest absolute Gasteiger partial charge is 0.417 e. The van der Waals surface area contributed by atoms with E-state index in [1.807, 2.05) is 0 Å². The van der Waals surface area contributed by atoms with Gasteiger partial charge in [0.15, 0.2) is 0 Å². The Hall–Kier alpha value is -0.700. The molecule has 0 N–H and O–H groups in total. The molecule has 0 atom stereocenters. The van der Waals surface area contributed by atoms with Gasteiger partial charge in [0.1, 0.15) is 6.61 Å². The van der Waals surface area contributed by atoms with Crippen LogP contribution in [-0.2, 0) is 9.53 Å². The highest BCUT2D eigenvalue weighted by molar-refractivity contribution is 6.48. The predicted molar refractivity (Wildman–Crippen MR) is 62.2 cm³/mol. The minimum absolute atomic E-state index is 0.139. The van der Waals surface area contributed by atoms with Crippen LogP contribution in [0.15, 0.2) is 18.2 Å². The van der Waals surface area contributed by atoms with Gasteiger partial charge in [0.2, 0.25) is 0 Å². The molecule has 0 aromatic heterocycles. The maximum Gasteiger partial charge on any atom is 0.417 e. The fourth-order valence-electron chi connectivity index (χ4n) is 0.927. The van der Waals surface area contributed by atoms with Crippen molar-refractivity contribution in [2.45, 2.75) is 0 Å². The molecule has 0 unspecified atom stereocenters. The topological polar surface area (TPSA) is 26.3 Å². The van der Waals surface area contributed by atoms with Gasteiger partial charge in [-0.3, -0.25) is 0 Å². The predicted octanol–water partition coefficient (Wildman–Crippen LogP) is 3.74. The average molecular weight is 265 g/mol. The van der Waals surface area contributed by atoms with Gasteiger partial charge in [0, 0.05) is 0 Å². The Labute approximate surface area is 102 Å². The molecule has 2 nitrogen and oxygen atoms in total. The van der Waals surface area contributed by atoms with Crippen molar-refractivity contribution in [3.63, 3.8) is 0 Å². The van der Waals surface area contributed by atoms with E-state index >= 15 is 0 Å². The van der Waals surface area contributed by atoms with Crippen LogP contribution in [0.5, 0.6) is 0 Å². The second-order valence-electron chi connectivity index (χ2n) is 2.56. The summed E-state index contributed by atoms with van der Waals surface area (Å²) in [5, 5.41) is 1.08. The Balaban J connectivity index is 2.82. The molecule has 15 heavy (non-hydrogen) atoms. The summed E-state index contributed by atoms with van der Waals surface area (Å²) in [5.41, 5.74) is 0.709. The van der Waals surface area contributed by atoms with Crippen molar-refractivity contribution in [3.05, 3.63) is 38.8 Å². The molecule has 1 radical (unpaired) electrons. The number of hydrogen-bond acceptors (Lipinski definition) is 2. The Morgan fingerprint density at radius 1 is 1.27 bits per heavy atom. The van der Waals surface area contributed by atoms with Crippen LogP contribution in [0, 0.1) is 0 Å². The van der Waals surface area contributed by atoms with Crippen LogP contribution in [0.3, 0.4) is 0 Å². The number of halogens is 3. The number of carbonyl (C=O) groups excluding carboxylic acids is 1. The molecule has 1 rings (SSSR count). The molecule has 0 fully saturated rings. The molecule has 0 aliphatic heterocycles. The quantitative estimate of drug-likeness (QED) is 0.611. The third-order valence-corrected chi connectivity index (χ3v) is 2.91. The van der Waals surface area contributed by atoms with Gasteiger partial charge in [-0.15, -0.1) is 0 Å². The highest BCUT2D eigenvalue weighted by Gasteiger charge is 2.05. The van der Waals surface area contributed by atoms with Gasteiger partial charge < -0.3 is 4.74 Å². The minimum atomic E-state index is 0.139. The Morgan fingerprint density at radius 3 is 2.67 bits per heavy atom. The fourth-order valence-corrected chi connectivity index (χ4v) is 1.53. The second-order valence-corrected chi connectivity index (χ2v) is 3.72. The van der Waals surface area contributed by atoms with Gasteiger partial charge in [0.05, 0.1) is 15.1 Å². The molecular weight excluding hydrogens is 258 g/mol. The van der Waals surface area contributed by atoms with E-state index in [2.05, 4.69) is 4.74 Å². The zero-order valence-corrected chi connectivity index (χ0v) is 9.73. The Kier molecular flexibility index (Phi) is 4.95. The van der Waals surface area contributed by atoms with Crippen molar-refractivity contribution in [1.82, 2.24) is 0 Å². The second kappa shape index (κ2) is 6.01.